The van der Waals surface area contributed by atoms with Gasteiger partial charge in [-0.25, -0.2) is 31.5 Å². The Hall–Kier alpha value is -4.29. The average molecular weight is 552 g/mol. The summed E-state index contributed by atoms with van der Waals surface area (Å²) in [6.45, 7) is 3.57. The van der Waals surface area contributed by atoms with Crippen LogP contribution in [0.25, 0.3) is 0 Å². The van der Waals surface area contributed by atoms with Gasteiger partial charge in [-0.2, -0.15) is 0 Å². The number of rotatable bonds is 8. The number of nitrogens with one attached hydrogen (secondary N) is 2. The van der Waals surface area contributed by atoms with E-state index in [1.165, 1.54) is 61.8 Å². The predicted molar refractivity (Wildman–Crippen MR) is 145 cm³/mol. The lowest BCUT2D eigenvalue weighted by Crippen LogP contribution is -2.29. The van der Waals surface area contributed by atoms with Gasteiger partial charge in [0.1, 0.15) is 0 Å². The van der Waals surface area contributed by atoms with Gasteiger partial charge in [-0.1, -0.05) is 29.8 Å². The fourth-order valence-electron chi connectivity index (χ4n) is 3.53. The molecule has 2 N–H and O–H groups in total. The first-order chi connectivity index (χ1) is 18.0. The maximum atomic E-state index is 13.2. The van der Waals surface area contributed by atoms with Crippen molar-refractivity contribution in [1.29, 1.82) is 0 Å². The summed E-state index contributed by atoms with van der Waals surface area (Å²) in [5.41, 5.74) is 2.16. The number of para-hydroxylation sites is 1. The minimum absolute atomic E-state index is 0.0510. The molecule has 0 aliphatic heterocycles. The maximum absolute atomic E-state index is 13.2. The Balaban J connectivity index is 1.53. The van der Waals surface area contributed by atoms with Gasteiger partial charge in [-0.05, 0) is 68.4 Å². The van der Waals surface area contributed by atoms with Crippen LogP contribution in [0.1, 0.15) is 21.6 Å². The number of hydrogen-bond acceptors (Lipinski definition) is 7. The third-order valence-corrected chi connectivity index (χ3v) is 8.74. The van der Waals surface area contributed by atoms with E-state index < -0.39 is 26.0 Å². The first-order valence-electron chi connectivity index (χ1n) is 11.4. The third kappa shape index (κ3) is 5.82. The second kappa shape index (κ2) is 10.6. The Morgan fingerprint density at radius 1 is 0.816 bits per heavy atom. The van der Waals surface area contributed by atoms with Gasteiger partial charge in [-0.15, -0.1) is 0 Å². The Morgan fingerprint density at radius 2 is 1.45 bits per heavy atom. The van der Waals surface area contributed by atoms with E-state index in [4.69, 9.17) is 0 Å². The standard InChI is InChI=1S/C26H25N5O5S2/c1-18-8-12-22(13-9-18)38(35,36)31(3)24-7-5-4-6-23(24)25(32)29-20-10-14-21(15-11-20)37(33,34)30-26-27-17-16-19(2)28-26/h4-17H,1-3H3,(H,29,32)(H,27,28,30). The molecule has 0 saturated heterocycles. The van der Waals surface area contributed by atoms with Crippen LogP contribution in [0.5, 0.6) is 0 Å². The number of amides is 1. The van der Waals surface area contributed by atoms with Gasteiger partial charge >= 0.3 is 0 Å². The highest BCUT2D eigenvalue weighted by Crippen LogP contribution is 2.27. The molecule has 0 aliphatic rings. The minimum Gasteiger partial charge on any atom is -0.322 e. The van der Waals surface area contributed by atoms with E-state index in [1.807, 2.05) is 6.92 Å². The number of hydrogen-bond donors (Lipinski definition) is 2. The average Bonchev–Trinajstić information content (AvgIpc) is 2.88. The topological polar surface area (TPSA) is 138 Å². The van der Waals surface area contributed by atoms with Crippen LogP contribution in [0.4, 0.5) is 17.3 Å². The van der Waals surface area contributed by atoms with Gasteiger partial charge in [0, 0.05) is 24.6 Å². The lowest BCUT2D eigenvalue weighted by molar-refractivity contribution is 0.102. The zero-order valence-electron chi connectivity index (χ0n) is 20.8. The van der Waals surface area contributed by atoms with Gasteiger partial charge in [-0.3, -0.25) is 9.10 Å². The van der Waals surface area contributed by atoms with Crippen LogP contribution in [0.2, 0.25) is 0 Å². The van der Waals surface area contributed by atoms with E-state index in [0.717, 1.165) is 9.87 Å². The van der Waals surface area contributed by atoms with E-state index in [-0.39, 0.29) is 27.0 Å². The molecule has 0 bridgehead atoms. The van der Waals surface area contributed by atoms with Crippen LogP contribution in [-0.4, -0.2) is 39.8 Å². The van der Waals surface area contributed by atoms with Crippen molar-refractivity contribution in [2.75, 3.05) is 21.4 Å². The molecule has 0 saturated carbocycles. The molecule has 38 heavy (non-hydrogen) atoms. The van der Waals surface area contributed by atoms with Gasteiger partial charge in [0.25, 0.3) is 26.0 Å². The number of carbonyl (C=O) groups is 1. The number of nitrogens with zero attached hydrogens (tertiary/aromatic N) is 3. The summed E-state index contributed by atoms with van der Waals surface area (Å²) in [5, 5.41) is 2.69. The van der Waals surface area contributed by atoms with E-state index in [1.54, 1.807) is 37.3 Å². The van der Waals surface area contributed by atoms with Crippen LogP contribution in [0.15, 0.2) is 94.9 Å². The summed E-state index contributed by atoms with van der Waals surface area (Å²) in [7, 11) is -6.49. The quantitative estimate of drug-likeness (QED) is 0.338. The largest absolute Gasteiger partial charge is 0.322 e. The molecular formula is C26H25N5O5S2. The molecule has 1 amide bonds. The SMILES string of the molecule is Cc1ccc(S(=O)(=O)N(C)c2ccccc2C(=O)Nc2ccc(S(=O)(=O)Nc3nccc(C)n3)cc2)cc1. The smallest absolute Gasteiger partial charge is 0.264 e. The van der Waals surface area contributed by atoms with Crippen molar-refractivity contribution in [2.45, 2.75) is 23.6 Å². The zero-order chi connectivity index (χ0) is 27.5. The van der Waals surface area contributed by atoms with Gasteiger partial charge in [0.15, 0.2) is 0 Å². The predicted octanol–water partition coefficient (Wildman–Crippen LogP) is 3.97. The Labute approximate surface area is 221 Å². The van der Waals surface area contributed by atoms with Crippen molar-refractivity contribution in [3.8, 4) is 0 Å². The number of anilines is 3. The maximum Gasteiger partial charge on any atom is 0.264 e. The van der Waals surface area contributed by atoms with E-state index in [2.05, 4.69) is 20.0 Å². The summed E-state index contributed by atoms with van der Waals surface area (Å²) in [5.74, 6) is -0.614. The summed E-state index contributed by atoms with van der Waals surface area (Å²) < 4.78 is 55.1. The lowest BCUT2D eigenvalue weighted by Gasteiger charge is -2.22. The molecule has 196 valence electrons. The molecule has 0 spiro atoms. The summed E-state index contributed by atoms with van der Waals surface area (Å²) in [6, 6.07) is 19.9. The van der Waals surface area contributed by atoms with Gasteiger partial charge < -0.3 is 5.32 Å². The zero-order valence-corrected chi connectivity index (χ0v) is 22.4. The first kappa shape index (κ1) is 26.8. The molecule has 0 fully saturated rings. The van der Waals surface area contributed by atoms with Crippen molar-refractivity contribution >= 4 is 43.3 Å². The fraction of sp³-hybridized carbons (Fsp3) is 0.115. The second-order valence-corrected chi connectivity index (χ2v) is 12.1. The number of aromatic nitrogens is 2. The van der Waals surface area contributed by atoms with Crippen LogP contribution in [0, 0.1) is 13.8 Å². The molecule has 12 heteroatoms. The molecular weight excluding hydrogens is 526 g/mol. The van der Waals surface area contributed by atoms with E-state index in [9.17, 15) is 21.6 Å². The Kier molecular flexibility index (Phi) is 7.46. The van der Waals surface area contributed by atoms with Crippen LogP contribution < -0.4 is 14.3 Å². The third-order valence-electron chi connectivity index (χ3n) is 5.61. The molecule has 1 heterocycles. The minimum atomic E-state index is -3.95. The van der Waals surface area contributed by atoms with Crippen molar-refractivity contribution in [1.82, 2.24) is 9.97 Å². The Bertz CT molecular complexity index is 1690. The van der Waals surface area contributed by atoms with Crippen molar-refractivity contribution in [2.24, 2.45) is 0 Å². The summed E-state index contributed by atoms with van der Waals surface area (Å²) >= 11 is 0. The monoisotopic (exact) mass is 551 g/mol. The molecule has 0 aliphatic carbocycles. The molecule has 4 rings (SSSR count). The fourth-order valence-corrected chi connectivity index (χ4v) is 5.70. The molecule has 1 aromatic heterocycles. The second-order valence-electron chi connectivity index (χ2n) is 8.41. The number of aryl methyl sites for hydroxylation is 2. The van der Waals surface area contributed by atoms with Gasteiger partial charge in [0.2, 0.25) is 5.95 Å². The van der Waals surface area contributed by atoms with E-state index in [0.29, 0.717) is 11.4 Å². The van der Waals surface area contributed by atoms with E-state index >= 15 is 0 Å². The highest BCUT2D eigenvalue weighted by atomic mass is 32.2. The number of carbonyl (C=O) groups excluding carboxylic acids is 1. The highest BCUT2D eigenvalue weighted by molar-refractivity contribution is 7.93. The molecule has 0 radical (unpaired) electrons. The molecule has 0 atom stereocenters. The highest BCUT2D eigenvalue weighted by Gasteiger charge is 2.25. The van der Waals surface area contributed by atoms with Crippen molar-refractivity contribution < 1.29 is 21.6 Å². The van der Waals surface area contributed by atoms with Gasteiger partial charge in [0.05, 0.1) is 21.0 Å². The number of benzene rings is 3. The molecule has 0 unspecified atom stereocenters. The lowest BCUT2D eigenvalue weighted by atomic mass is 10.1. The molecule has 3 aromatic carbocycles. The normalized spacial score (nSPS) is 11.6. The summed E-state index contributed by atoms with van der Waals surface area (Å²) in [6.07, 6.45) is 1.44. The van der Waals surface area contributed by atoms with Crippen LogP contribution in [0.3, 0.4) is 0 Å². The Morgan fingerprint density at radius 3 is 2.11 bits per heavy atom. The van der Waals surface area contributed by atoms with Crippen molar-refractivity contribution in [3.63, 3.8) is 0 Å². The first-order valence-corrected chi connectivity index (χ1v) is 14.3. The van der Waals surface area contributed by atoms with Crippen LogP contribution in [-0.2, 0) is 20.0 Å². The molecule has 4 aromatic rings. The van der Waals surface area contributed by atoms with Crippen LogP contribution >= 0.6 is 0 Å². The summed E-state index contributed by atoms with van der Waals surface area (Å²) in [4.78, 5) is 21.1. The molecule has 10 nitrogen and oxygen atoms in total. The number of sulfonamides is 2. The van der Waals surface area contributed by atoms with Crippen molar-refractivity contribution in [3.05, 3.63) is 102 Å².